The molecule has 4 aromatic rings. The van der Waals surface area contributed by atoms with Crippen LogP contribution in [0.3, 0.4) is 0 Å². The van der Waals surface area contributed by atoms with E-state index < -0.39 is 45.4 Å². The first-order chi connectivity index (χ1) is 20.7. The van der Waals surface area contributed by atoms with Crippen molar-refractivity contribution in [3.8, 4) is 22.7 Å². The van der Waals surface area contributed by atoms with Crippen LogP contribution >= 0.6 is 7.37 Å². The van der Waals surface area contributed by atoms with Crippen molar-refractivity contribution in [1.82, 2.24) is 0 Å². The molecule has 0 saturated heterocycles. The molecular weight excluding hydrogens is 590 g/mol. The second-order valence-corrected chi connectivity index (χ2v) is 18.4. The number of hydrogen-bond donors (Lipinski definition) is 2. The number of aliphatic carboxylic acids is 1. The molecule has 0 aliphatic heterocycles. The Kier molecular flexibility index (Phi) is 10.1. The number of benzene rings is 4. The lowest BCUT2D eigenvalue weighted by Crippen LogP contribution is -2.68. The predicted octanol–water partition coefficient (Wildman–Crippen LogP) is 7.11. The van der Waals surface area contributed by atoms with Gasteiger partial charge in [0.1, 0.15) is 5.82 Å². The zero-order chi connectivity index (χ0) is 32.1. The smallest absolute Gasteiger partial charge is 0.305 e. The van der Waals surface area contributed by atoms with Crippen molar-refractivity contribution in [2.75, 3.05) is 6.16 Å². The predicted molar refractivity (Wildman–Crippen MR) is 178 cm³/mol. The van der Waals surface area contributed by atoms with Crippen LogP contribution < -0.4 is 10.4 Å². The van der Waals surface area contributed by atoms with Crippen LogP contribution in [0.25, 0.3) is 11.1 Å². The van der Waals surface area contributed by atoms with Crippen LogP contribution in [0.5, 0.6) is 0 Å². The van der Waals surface area contributed by atoms with Gasteiger partial charge < -0.3 is 14.4 Å². The van der Waals surface area contributed by atoms with E-state index in [1.807, 2.05) is 86.6 Å². The van der Waals surface area contributed by atoms with Crippen LogP contribution in [0.1, 0.15) is 43.9 Å². The number of carboxylic acids is 1. The highest BCUT2D eigenvalue weighted by molar-refractivity contribution is 7.63. The second-order valence-electron chi connectivity index (χ2n) is 12.1. The van der Waals surface area contributed by atoms with Crippen molar-refractivity contribution in [3.63, 3.8) is 0 Å². The minimum absolute atomic E-state index is 0.365. The maximum Gasteiger partial charge on any atom is 0.305 e. The van der Waals surface area contributed by atoms with E-state index in [1.54, 1.807) is 12.1 Å². The summed E-state index contributed by atoms with van der Waals surface area (Å²) in [6, 6.07) is 29.3. The van der Waals surface area contributed by atoms with Crippen molar-refractivity contribution in [3.05, 3.63) is 120 Å². The molecule has 0 amide bonds. The zero-order valence-corrected chi connectivity index (χ0v) is 27.6. The van der Waals surface area contributed by atoms with Crippen LogP contribution in [0.15, 0.2) is 97.1 Å². The van der Waals surface area contributed by atoms with Crippen molar-refractivity contribution < 1.29 is 28.2 Å². The Morgan fingerprint density at radius 3 is 1.98 bits per heavy atom. The Bertz CT molecular complexity index is 1680. The molecule has 0 radical (unpaired) electrons. The molecule has 0 fully saturated rings. The van der Waals surface area contributed by atoms with E-state index >= 15 is 0 Å². The lowest BCUT2D eigenvalue weighted by Gasteiger charge is -2.45. The Morgan fingerprint density at radius 2 is 1.48 bits per heavy atom. The highest BCUT2D eigenvalue weighted by atomic mass is 31.2. The minimum atomic E-state index is -4.23. The lowest BCUT2D eigenvalue weighted by molar-refractivity contribution is -0.138. The summed E-state index contributed by atoms with van der Waals surface area (Å²) in [5.41, 5.74) is 6.38. The van der Waals surface area contributed by atoms with Crippen molar-refractivity contribution in [2.24, 2.45) is 0 Å². The number of rotatable bonds is 9. The fraction of sp³-hybridized carbons (Fsp3) is 0.250. The molecule has 0 aliphatic carbocycles. The molecule has 0 aromatic heterocycles. The third kappa shape index (κ3) is 7.64. The number of halogens is 1. The van der Waals surface area contributed by atoms with Crippen LogP contribution in [0.2, 0.25) is 5.04 Å². The average Bonchev–Trinajstić information content (AvgIpc) is 2.95. The zero-order valence-electron chi connectivity index (χ0n) is 25.7. The van der Waals surface area contributed by atoms with Gasteiger partial charge in [0.2, 0.25) is 0 Å². The van der Waals surface area contributed by atoms with Gasteiger partial charge in [-0.1, -0.05) is 117 Å². The molecule has 4 aromatic carbocycles. The molecule has 0 spiro atoms. The molecule has 0 aliphatic rings. The summed E-state index contributed by atoms with van der Waals surface area (Å²) in [5.74, 6) is 1.43. The molecule has 0 bridgehead atoms. The van der Waals surface area contributed by atoms with E-state index in [-0.39, 0.29) is 5.82 Å². The molecule has 228 valence electrons. The van der Waals surface area contributed by atoms with Gasteiger partial charge in [-0.05, 0) is 63.7 Å². The van der Waals surface area contributed by atoms with E-state index in [0.717, 1.165) is 32.6 Å². The summed E-state index contributed by atoms with van der Waals surface area (Å²) >= 11 is 0. The van der Waals surface area contributed by atoms with E-state index in [0.29, 0.717) is 5.56 Å². The third-order valence-electron chi connectivity index (χ3n) is 7.60. The first-order valence-electron chi connectivity index (χ1n) is 14.4. The largest absolute Gasteiger partial charge is 0.481 e. The summed E-state index contributed by atoms with van der Waals surface area (Å²) in [5, 5.41) is 11.3. The summed E-state index contributed by atoms with van der Waals surface area (Å²) < 4.78 is 34.3. The molecular formula is C36H38FO5PSi. The maximum absolute atomic E-state index is 13.7. The Balaban J connectivity index is 1.78. The highest BCUT2D eigenvalue weighted by Crippen LogP contribution is 2.44. The topological polar surface area (TPSA) is 83.8 Å². The summed E-state index contributed by atoms with van der Waals surface area (Å²) in [4.78, 5) is 23.3. The van der Waals surface area contributed by atoms with Gasteiger partial charge in [-0.25, -0.2) is 4.39 Å². The van der Waals surface area contributed by atoms with Crippen molar-refractivity contribution in [1.29, 1.82) is 0 Å². The number of aryl methyl sites for hydroxylation is 2. The number of carbonyl (C=O) groups is 1. The monoisotopic (exact) mass is 628 g/mol. The third-order valence-corrected chi connectivity index (χ3v) is 14.1. The van der Waals surface area contributed by atoms with E-state index in [2.05, 4.69) is 32.4 Å². The molecule has 8 heteroatoms. The lowest BCUT2D eigenvalue weighted by atomic mass is 9.94. The first kappa shape index (κ1) is 33.1. The number of carboxylic acid groups (broad SMARTS) is 1. The summed E-state index contributed by atoms with van der Waals surface area (Å²) in [6.45, 7) is 9.99. The molecule has 5 nitrogen and oxygen atoms in total. The normalized spacial score (nSPS) is 13.8. The van der Waals surface area contributed by atoms with E-state index in [9.17, 15) is 23.7 Å². The SMILES string of the molecule is Cc1cc(C)c(C#CP(=O)(O)CC(CC(=O)O)O[Si](c2ccccc2)(c2ccccc2)C(C)(C)C)c(-c2ccc(F)cc2)c1. The van der Waals surface area contributed by atoms with Gasteiger partial charge in [-0.15, -0.1) is 0 Å². The molecule has 2 N–H and O–H groups in total. The first-order valence-corrected chi connectivity index (χ1v) is 18.2. The standard InChI is InChI=1S/C36H38FO5PSi/c1-26-22-27(2)33(34(23-26)28-16-18-29(37)19-17-28)20-21-43(40,41)25-30(24-35(38)39)42-44(36(3,4)5,31-12-8-6-9-13-31)32-14-10-7-11-15-32/h6-19,22-23,30H,24-25H2,1-5H3,(H,38,39)(H,40,41). The quantitative estimate of drug-likeness (QED) is 0.117. The Labute approximate surface area is 260 Å². The van der Waals surface area contributed by atoms with Gasteiger partial charge >= 0.3 is 5.97 Å². The Morgan fingerprint density at radius 1 is 0.932 bits per heavy atom. The average molecular weight is 629 g/mol. The van der Waals surface area contributed by atoms with Gasteiger partial charge in [-0.2, -0.15) is 0 Å². The van der Waals surface area contributed by atoms with Crippen LogP contribution in [-0.2, 0) is 13.8 Å². The molecule has 2 unspecified atom stereocenters. The molecule has 0 saturated carbocycles. The molecule has 0 heterocycles. The highest BCUT2D eigenvalue weighted by Gasteiger charge is 2.52. The van der Waals surface area contributed by atoms with Gasteiger partial charge in [0, 0.05) is 5.56 Å². The van der Waals surface area contributed by atoms with Crippen LogP contribution in [0, 0.1) is 31.2 Å². The van der Waals surface area contributed by atoms with Crippen molar-refractivity contribution >= 4 is 32.0 Å². The fourth-order valence-electron chi connectivity index (χ4n) is 5.74. The van der Waals surface area contributed by atoms with E-state index in [1.165, 1.54) is 12.1 Å². The fourth-order valence-corrected chi connectivity index (χ4v) is 11.7. The second kappa shape index (κ2) is 13.5. The summed E-state index contributed by atoms with van der Waals surface area (Å²) in [6.07, 6.45) is -1.99. The van der Waals surface area contributed by atoms with Crippen molar-refractivity contribution in [2.45, 2.75) is 52.2 Å². The van der Waals surface area contributed by atoms with Gasteiger partial charge in [0.25, 0.3) is 15.7 Å². The minimum Gasteiger partial charge on any atom is -0.481 e. The van der Waals surface area contributed by atoms with Gasteiger partial charge in [0.15, 0.2) is 0 Å². The summed E-state index contributed by atoms with van der Waals surface area (Å²) in [7, 11) is -7.44. The van der Waals surface area contributed by atoms with Gasteiger partial charge in [0.05, 0.1) is 18.7 Å². The van der Waals surface area contributed by atoms with Crippen LogP contribution in [-0.4, -0.2) is 36.6 Å². The molecule has 2 atom stereocenters. The molecule has 4 rings (SSSR count). The Hall–Kier alpha value is -3.79. The van der Waals surface area contributed by atoms with Crippen LogP contribution in [0.4, 0.5) is 4.39 Å². The van der Waals surface area contributed by atoms with E-state index in [4.69, 9.17) is 4.43 Å². The maximum atomic E-state index is 13.7. The molecule has 44 heavy (non-hydrogen) atoms. The van der Waals surface area contributed by atoms with Gasteiger partial charge in [-0.3, -0.25) is 9.36 Å². The number of hydrogen-bond acceptors (Lipinski definition) is 3.